The lowest BCUT2D eigenvalue weighted by molar-refractivity contribution is -0.949. The Morgan fingerprint density at radius 3 is 2.35 bits per heavy atom. The first-order chi connectivity index (χ1) is 25.8. The van der Waals surface area contributed by atoms with Crippen LogP contribution in [-0.4, -0.2) is 119 Å². The van der Waals surface area contributed by atoms with Crippen molar-refractivity contribution in [3.05, 3.63) is 47.5 Å². The number of rotatable bonds is 9. The molecule has 1 aromatic carbocycles. The van der Waals surface area contributed by atoms with Gasteiger partial charge in [-0.3, -0.25) is 4.79 Å². The summed E-state index contributed by atoms with van der Waals surface area (Å²) in [7, 11) is 2.06. The number of carbonyl (C=O) groups excluding carboxylic acids is 4. The van der Waals surface area contributed by atoms with E-state index < -0.39 is 40.0 Å². The van der Waals surface area contributed by atoms with Crippen molar-refractivity contribution in [1.29, 1.82) is 0 Å². The predicted octanol–water partition coefficient (Wildman–Crippen LogP) is 2.90. The third-order valence-corrected chi connectivity index (χ3v) is 16.4. The number of aldehydes is 1. The molecule has 0 aromatic heterocycles. The van der Waals surface area contributed by atoms with Gasteiger partial charge in [0, 0.05) is 30.8 Å². The molecule has 7 fully saturated rings. The number of likely N-dealkylation sites (N-methyl/N-ethyl adjacent to an activating group) is 1. The molecule has 4 aliphatic heterocycles. The van der Waals surface area contributed by atoms with Crippen molar-refractivity contribution in [2.75, 3.05) is 26.8 Å². The lowest BCUT2D eigenvalue weighted by Gasteiger charge is -2.65. The van der Waals surface area contributed by atoms with Gasteiger partial charge in [-0.05, 0) is 80.3 Å². The number of fused-ring (bicyclic) bond motifs is 10. The van der Waals surface area contributed by atoms with Gasteiger partial charge in [0.2, 0.25) is 0 Å². The number of hydrogen-bond acceptors (Lipinski definition) is 11. The number of benzene rings is 1. The van der Waals surface area contributed by atoms with Crippen molar-refractivity contribution in [2.24, 2.45) is 28.6 Å². The zero-order valence-electron chi connectivity index (χ0n) is 31.3. The summed E-state index contributed by atoms with van der Waals surface area (Å²) < 4.78 is 23.8. The molecule has 4 aliphatic carbocycles. The van der Waals surface area contributed by atoms with E-state index in [0.717, 1.165) is 18.3 Å². The van der Waals surface area contributed by atoms with E-state index in [0.29, 0.717) is 67.8 Å². The number of cyclic esters (lactones) is 1. The molecule has 3 N–H and O–H groups in total. The Hall–Kier alpha value is -3.16. The molecule has 1 aromatic rings. The number of aliphatic hydroxyl groups is 3. The number of carbonyl (C=O) groups is 4. The Balaban J connectivity index is 0.847. The Labute approximate surface area is 315 Å². The second-order valence-electron chi connectivity index (χ2n) is 18.5. The molecule has 0 unspecified atom stereocenters. The quantitative estimate of drug-likeness (QED) is 0.112. The highest BCUT2D eigenvalue weighted by atomic mass is 16.6. The van der Waals surface area contributed by atoms with Crippen LogP contribution in [0, 0.1) is 28.6 Å². The normalized spacial score (nSPS) is 47.5. The fraction of sp³-hybridized carbons (Fsp3) is 0.714. The molecule has 13 atom stereocenters. The Bertz CT molecular complexity index is 1730. The highest BCUT2D eigenvalue weighted by Crippen LogP contribution is 2.70. The van der Waals surface area contributed by atoms with Crippen LogP contribution in [0.5, 0.6) is 0 Å². The summed E-state index contributed by atoms with van der Waals surface area (Å²) in [6.45, 7) is 2.19. The lowest BCUT2D eigenvalue weighted by Crippen LogP contribution is -2.69. The van der Waals surface area contributed by atoms with Crippen LogP contribution >= 0.6 is 0 Å². The number of aliphatic hydroxyl groups excluding tert-OH is 1. The van der Waals surface area contributed by atoms with Crippen LogP contribution in [0.3, 0.4) is 0 Å². The maximum Gasteiger partial charge on any atom is 0.362 e. The van der Waals surface area contributed by atoms with E-state index in [-0.39, 0.29) is 86.3 Å². The minimum Gasteiger partial charge on any atom is -0.461 e. The van der Waals surface area contributed by atoms with Crippen LogP contribution < -0.4 is 0 Å². The Morgan fingerprint density at radius 1 is 0.963 bits per heavy atom. The molecule has 0 amide bonds. The number of ether oxygens (including phenoxy) is 4. The lowest BCUT2D eigenvalue weighted by atomic mass is 9.41. The average Bonchev–Trinajstić information content (AvgIpc) is 3.69. The fourth-order valence-electron chi connectivity index (χ4n) is 13.6. The number of quaternary nitrogens is 1. The van der Waals surface area contributed by atoms with Crippen LogP contribution in [0.1, 0.15) is 89.0 Å². The van der Waals surface area contributed by atoms with E-state index in [2.05, 4.69) is 14.0 Å². The summed E-state index contributed by atoms with van der Waals surface area (Å²) in [5.41, 5.74) is -2.21. The molecular formula is C42H54NO11+. The third-order valence-electron chi connectivity index (χ3n) is 16.4. The van der Waals surface area contributed by atoms with Gasteiger partial charge in [0.1, 0.15) is 55.3 Å². The largest absolute Gasteiger partial charge is 0.461 e. The molecule has 8 aliphatic rings. The van der Waals surface area contributed by atoms with Crippen LogP contribution in [0.4, 0.5) is 0 Å². The number of nitrogens with zero attached hydrogens (tertiary/aromatic N) is 1. The average molecular weight is 749 g/mol. The SMILES string of the molecule is C[C@]12CC[C@@H]3[C@H](CC[C@@]4(O)C[C@H](OC(=O)C[N+]5(C)[C@H]6CC(OC(=O)[C@@H](CO)c7ccccc7)C[C@H]5[C@@H]5O[C@H]56)CC[C@]34C=O)[C@@]1(O)CC[C@H]2C1=CC(=O)OC1. The van der Waals surface area contributed by atoms with Crippen LogP contribution in [0.25, 0.3) is 0 Å². The van der Waals surface area contributed by atoms with E-state index in [9.17, 15) is 34.5 Å². The molecule has 292 valence electrons. The second kappa shape index (κ2) is 12.7. The monoisotopic (exact) mass is 748 g/mol. The smallest absolute Gasteiger partial charge is 0.362 e. The zero-order chi connectivity index (χ0) is 37.8. The summed E-state index contributed by atoms with van der Waals surface area (Å²) in [5, 5.41) is 34.9. The summed E-state index contributed by atoms with van der Waals surface area (Å²) >= 11 is 0. The van der Waals surface area contributed by atoms with E-state index in [4.69, 9.17) is 18.9 Å². The first kappa shape index (κ1) is 36.5. The van der Waals surface area contributed by atoms with Crippen LogP contribution in [-0.2, 0) is 38.1 Å². The van der Waals surface area contributed by atoms with Gasteiger partial charge in [-0.15, -0.1) is 0 Å². The van der Waals surface area contributed by atoms with E-state index >= 15 is 0 Å². The highest BCUT2D eigenvalue weighted by Gasteiger charge is 2.74. The molecular weight excluding hydrogens is 694 g/mol. The summed E-state index contributed by atoms with van der Waals surface area (Å²) in [6, 6.07) is 9.03. The van der Waals surface area contributed by atoms with Gasteiger partial charge in [0.05, 0.1) is 30.3 Å². The van der Waals surface area contributed by atoms with Gasteiger partial charge in [-0.25, -0.2) is 9.59 Å². The molecule has 4 heterocycles. The molecule has 12 heteroatoms. The van der Waals surface area contributed by atoms with Crippen molar-refractivity contribution in [2.45, 2.75) is 131 Å². The van der Waals surface area contributed by atoms with Crippen LogP contribution in [0.2, 0.25) is 0 Å². The molecule has 12 nitrogen and oxygen atoms in total. The summed E-state index contributed by atoms with van der Waals surface area (Å²) in [5.74, 6) is -2.20. The maximum atomic E-state index is 13.8. The number of esters is 3. The van der Waals surface area contributed by atoms with Gasteiger partial charge in [0.15, 0.2) is 6.54 Å². The number of epoxide rings is 1. The first-order valence-electron chi connectivity index (χ1n) is 20.1. The molecule has 0 spiro atoms. The minimum atomic E-state index is -1.35. The van der Waals surface area contributed by atoms with E-state index in [1.165, 1.54) is 0 Å². The van der Waals surface area contributed by atoms with E-state index in [1.807, 2.05) is 18.2 Å². The second-order valence-corrected chi connectivity index (χ2v) is 18.5. The maximum absolute atomic E-state index is 13.8. The Kier molecular flexibility index (Phi) is 8.56. The Morgan fingerprint density at radius 2 is 1.69 bits per heavy atom. The summed E-state index contributed by atoms with van der Waals surface area (Å²) in [6.07, 6.45) is 7.40. The number of piperidine rings is 1. The number of hydrogen-bond donors (Lipinski definition) is 3. The molecule has 3 saturated heterocycles. The van der Waals surface area contributed by atoms with Gasteiger partial charge in [-0.2, -0.15) is 0 Å². The van der Waals surface area contributed by atoms with Crippen molar-refractivity contribution in [1.82, 2.24) is 0 Å². The first-order valence-corrected chi connectivity index (χ1v) is 20.1. The molecule has 2 bridgehead atoms. The van der Waals surface area contributed by atoms with Crippen LogP contribution in [0.15, 0.2) is 42.0 Å². The van der Waals surface area contributed by atoms with Gasteiger partial charge in [0.25, 0.3) is 0 Å². The topological polar surface area (TPSA) is 169 Å². The minimum absolute atomic E-state index is 0.00826. The summed E-state index contributed by atoms with van der Waals surface area (Å²) in [4.78, 5) is 52.1. The van der Waals surface area contributed by atoms with Gasteiger partial charge in [-0.1, -0.05) is 37.3 Å². The van der Waals surface area contributed by atoms with Gasteiger partial charge < -0.3 is 43.5 Å². The van der Waals surface area contributed by atoms with E-state index in [1.54, 1.807) is 18.2 Å². The predicted molar refractivity (Wildman–Crippen MR) is 190 cm³/mol. The molecule has 9 rings (SSSR count). The standard InChI is InChI=1S/C42H54NO11/c1-39-12-9-30-31(42(39,50)15-11-29(39)25-16-34(46)51-22-25)10-14-41(49)19-26(8-13-40(30,41)23-45)52-35(47)20-43(2)32-17-27(18-33(43)37-36(32)54-37)53-38(48)28(21-44)24-6-4-3-5-7-24/h3-7,16,23,26-33,36-37,44,49-50H,8-15,17-22H2,1-2H3/q+1/t26-,27?,28+,29+,30-,31+,32+,33+,36+,37+,39-,40+,41-,42+,43?/m1/s1. The van der Waals surface area contributed by atoms with Crippen molar-refractivity contribution in [3.8, 4) is 0 Å². The molecule has 54 heavy (non-hydrogen) atoms. The third kappa shape index (κ3) is 5.18. The zero-order valence-corrected chi connectivity index (χ0v) is 31.3. The van der Waals surface area contributed by atoms with Gasteiger partial charge >= 0.3 is 17.9 Å². The van der Waals surface area contributed by atoms with Crippen molar-refractivity contribution < 1.29 is 57.9 Å². The highest BCUT2D eigenvalue weighted by molar-refractivity contribution is 5.85. The molecule has 4 saturated carbocycles. The molecule has 0 radical (unpaired) electrons. The fourth-order valence-corrected chi connectivity index (χ4v) is 13.6. The number of morpholine rings is 1. The van der Waals surface area contributed by atoms with Crippen molar-refractivity contribution in [3.63, 3.8) is 0 Å². The van der Waals surface area contributed by atoms with Crippen molar-refractivity contribution >= 4 is 24.2 Å².